The van der Waals surface area contributed by atoms with E-state index in [9.17, 15) is 9.59 Å². The molecular formula is C16H8Br2O2. The predicted octanol–water partition coefficient (Wildman–Crippen LogP) is 3.96. The molecule has 2 nitrogen and oxygen atoms in total. The standard InChI is InChI=1S/C16H8Br2O2/c17-15-11-7-3-1-5-9(11)13(19)16(15,18)12-8-4-2-6-10(12)14(15)20/h1-8H/t15-,16+. The van der Waals surface area contributed by atoms with E-state index in [0.717, 1.165) is 11.1 Å². The molecule has 0 fully saturated rings. The molecule has 4 heteroatoms. The minimum absolute atomic E-state index is 0.0664. The highest BCUT2D eigenvalue weighted by molar-refractivity contribution is 9.13. The Morgan fingerprint density at radius 3 is 1.40 bits per heavy atom. The molecule has 20 heavy (non-hydrogen) atoms. The Bertz CT molecular complexity index is 731. The number of benzene rings is 2. The minimum Gasteiger partial charge on any atom is -0.292 e. The first-order valence-corrected chi connectivity index (χ1v) is 7.78. The molecule has 0 saturated heterocycles. The zero-order valence-electron chi connectivity index (χ0n) is 10.2. The second-order valence-corrected chi connectivity index (χ2v) is 7.45. The van der Waals surface area contributed by atoms with Crippen LogP contribution in [-0.2, 0) is 8.65 Å². The fourth-order valence-electron chi connectivity index (χ4n) is 3.26. The number of fused-ring (bicyclic) bond motifs is 5. The van der Waals surface area contributed by atoms with Crippen molar-refractivity contribution in [2.75, 3.05) is 0 Å². The first kappa shape index (κ1) is 12.5. The largest absolute Gasteiger partial charge is 0.292 e. The Morgan fingerprint density at radius 2 is 1.00 bits per heavy atom. The summed E-state index contributed by atoms with van der Waals surface area (Å²) >= 11 is 7.19. The Labute approximate surface area is 132 Å². The quantitative estimate of drug-likeness (QED) is 0.637. The first-order valence-electron chi connectivity index (χ1n) is 6.19. The highest BCUT2D eigenvalue weighted by Crippen LogP contribution is 2.65. The van der Waals surface area contributed by atoms with Crippen molar-refractivity contribution in [2.45, 2.75) is 8.65 Å². The molecule has 0 aromatic heterocycles. The van der Waals surface area contributed by atoms with Gasteiger partial charge in [-0.25, -0.2) is 0 Å². The van der Waals surface area contributed by atoms with Gasteiger partial charge in [0.05, 0.1) is 0 Å². The summed E-state index contributed by atoms with van der Waals surface area (Å²) in [5.74, 6) is -0.133. The summed E-state index contributed by atoms with van der Waals surface area (Å²) in [5.41, 5.74) is 2.68. The molecule has 0 N–H and O–H groups in total. The van der Waals surface area contributed by atoms with Crippen molar-refractivity contribution in [2.24, 2.45) is 0 Å². The topological polar surface area (TPSA) is 34.1 Å². The molecule has 2 aliphatic carbocycles. The molecule has 2 aliphatic rings. The zero-order chi connectivity index (χ0) is 14.1. The van der Waals surface area contributed by atoms with Crippen molar-refractivity contribution < 1.29 is 9.59 Å². The van der Waals surface area contributed by atoms with Crippen LogP contribution in [0.15, 0.2) is 48.5 Å². The van der Waals surface area contributed by atoms with E-state index in [1.807, 2.05) is 36.4 Å². The summed E-state index contributed by atoms with van der Waals surface area (Å²) in [6.07, 6.45) is 0. The van der Waals surface area contributed by atoms with Crippen molar-refractivity contribution >= 4 is 43.4 Å². The van der Waals surface area contributed by atoms with E-state index in [-0.39, 0.29) is 11.6 Å². The van der Waals surface area contributed by atoms with Crippen LogP contribution >= 0.6 is 31.9 Å². The number of hydrogen-bond donors (Lipinski definition) is 0. The van der Waals surface area contributed by atoms with Crippen LogP contribution in [0.1, 0.15) is 31.8 Å². The summed E-state index contributed by atoms with van der Waals surface area (Å²) in [6, 6.07) is 14.6. The Kier molecular flexibility index (Phi) is 2.30. The van der Waals surface area contributed by atoms with E-state index >= 15 is 0 Å². The lowest BCUT2D eigenvalue weighted by molar-refractivity contribution is 0.0887. The van der Waals surface area contributed by atoms with Gasteiger partial charge < -0.3 is 0 Å². The molecule has 4 rings (SSSR count). The molecule has 0 saturated carbocycles. The zero-order valence-corrected chi connectivity index (χ0v) is 13.4. The smallest absolute Gasteiger partial charge is 0.186 e. The normalized spacial score (nSPS) is 30.1. The van der Waals surface area contributed by atoms with Gasteiger partial charge in [0.25, 0.3) is 0 Å². The highest BCUT2D eigenvalue weighted by atomic mass is 79.9. The van der Waals surface area contributed by atoms with Gasteiger partial charge in [-0.15, -0.1) is 0 Å². The van der Waals surface area contributed by atoms with Gasteiger partial charge in [-0.3, -0.25) is 9.59 Å². The molecule has 0 aliphatic heterocycles. The lowest BCUT2D eigenvalue weighted by atomic mass is 9.92. The van der Waals surface area contributed by atoms with Gasteiger partial charge in [0, 0.05) is 11.1 Å². The third kappa shape index (κ3) is 1.09. The van der Waals surface area contributed by atoms with Crippen molar-refractivity contribution in [3.63, 3.8) is 0 Å². The maximum atomic E-state index is 12.9. The van der Waals surface area contributed by atoms with Crippen LogP contribution in [0.3, 0.4) is 0 Å². The Balaban J connectivity index is 2.15. The molecule has 0 radical (unpaired) electrons. The Hall–Kier alpha value is -1.26. The lowest BCUT2D eigenvalue weighted by Crippen LogP contribution is -2.39. The average Bonchev–Trinajstić information content (AvgIpc) is 2.78. The third-order valence-corrected chi connectivity index (χ3v) is 7.48. The number of alkyl halides is 2. The van der Waals surface area contributed by atoms with Crippen molar-refractivity contribution in [3.8, 4) is 0 Å². The van der Waals surface area contributed by atoms with Gasteiger partial charge in [-0.05, 0) is 11.1 Å². The minimum atomic E-state index is -1.04. The fraction of sp³-hybridized carbons (Fsp3) is 0.125. The van der Waals surface area contributed by atoms with Gasteiger partial charge in [-0.1, -0.05) is 80.4 Å². The van der Waals surface area contributed by atoms with E-state index in [0.29, 0.717) is 11.1 Å². The highest BCUT2D eigenvalue weighted by Gasteiger charge is 2.70. The lowest BCUT2D eigenvalue weighted by Gasteiger charge is -2.28. The summed E-state index contributed by atoms with van der Waals surface area (Å²) in [4.78, 5) is 25.8. The van der Waals surface area contributed by atoms with Crippen LogP contribution in [0.4, 0.5) is 0 Å². The average molecular weight is 392 g/mol. The molecule has 2 aromatic carbocycles. The van der Waals surface area contributed by atoms with E-state index in [1.165, 1.54) is 0 Å². The monoisotopic (exact) mass is 390 g/mol. The molecule has 98 valence electrons. The van der Waals surface area contributed by atoms with Crippen LogP contribution < -0.4 is 0 Å². The number of carbonyl (C=O) groups is 2. The molecular weight excluding hydrogens is 384 g/mol. The molecule has 2 aromatic rings. The summed E-state index contributed by atoms with van der Waals surface area (Å²) < 4.78 is -2.09. The summed E-state index contributed by atoms with van der Waals surface area (Å²) in [7, 11) is 0. The molecule has 0 bridgehead atoms. The first-order chi connectivity index (χ1) is 9.53. The molecule has 0 unspecified atom stereocenters. The maximum Gasteiger partial charge on any atom is 0.186 e. The molecule has 2 atom stereocenters. The summed E-state index contributed by atoms with van der Waals surface area (Å²) in [6.45, 7) is 0. The third-order valence-electron chi connectivity index (χ3n) is 4.19. The van der Waals surface area contributed by atoms with E-state index in [2.05, 4.69) is 31.9 Å². The fourth-order valence-corrected chi connectivity index (χ4v) is 5.17. The molecule has 0 heterocycles. The van der Waals surface area contributed by atoms with Gasteiger partial charge in [0.1, 0.15) is 8.65 Å². The van der Waals surface area contributed by atoms with E-state index < -0.39 is 8.65 Å². The summed E-state index contributed by atoms with van der Waals surface area (Å²) in [5, 5.41) is 0. The number of Topliss-reactive ketones (excluding diaryl/α,β-unsaturated/α-hetero) is 2. The van der Waals surface area contributed by atoms with Crippen molar-refractivity contribution in [3.05, 3.63) is 70.8 Å². The van der Waals surface area contributed by atoms with E-state index in [1.54, 1.807) is 12.1 Å². The van der Waals surface area contributed by atoms with Gasteiger partial charge >= 0.3 is 0 Å². The van der Waals surface area contributed by atoms with Gasteiger partial charge in [-0.2, -0.15) is 0 Å². The van der Waals surface area contributed by atoms with Crippen molar-refractivity contribution in [1.82, 2.24) is 0 Å². The predicted molar refractivity (Wildman–Crippen MR) is 82.8 cm³/mol. The maximum absolute atomic E-state index is 12.9. The van der Waals surface area contributed by atoms with E-state index in [4.69, 9.17) is 0 Å². The van der Waals surface area contributed by atoms with Crippen LogP contribution in [0, 0.1) is 0 Å². The van der Waals surface area contributed by atoms with Crippen LogP contribution in [0.2, 0.25) is 0 Å². The van der Waals surface area contributed by atoms with Crippen LogP contribution in [0.5, 0.6) is 0 Å². The van der Waals surface area contributed by atoms with Crippen LogP contribution in [-0.4, -0.2) is 11.6 Å². The molecule has 0 amide bonds. The number of halogens is 2. The molecule has 0 spiro atoms. The second kappa shape index (κ2) is 3.68. The van der Waals surface area contributed by atoms with Gasteiger partial charge in [0.2, 0.25) is 0 Å². The van der Waals surface area contributed by atoms with Crippen LogP contribution in [0.25, 0.3) is 0 Å². The Morgan fingerprint density at radius 1 is 0.650 bits per heavy atom. The number of ketones is 2. The SMILES string of the molecule is O=C1c2ccccc2[C@@]2(Br)C(=O)c3ccccc3[C@]12Br. The second-order valence-electron chi connectivity index (χ2n) is 5.07. The number of rotatable bonds is 0. The number of hydrogen-bond acceptors (Lipinski definition) is 2. The van der Waals surface area contributed by atoms with Gasteiger partial charge in [0.15, 0.2) is 11.6 Å². The van der Waals surface area contributed by atoms with Crippen molar-refractivity contribution in [1.29, 1.82) is 0 Å². The number of carbonyl (C=O) groups excluding carboxylic acids is 2.